The summed E-state index contributed by atoms with van der Waals surface area (Å²) in [5.41, 5.74) is 6.98. The molecule has 1 unspecified atom stereocenters. The van der Waals surface area contributed by atoms with Crippen molar-refractivity contribution in [2.45, 2.75) is 13.0 Å². The van der Waals surface area contributed by atoms with Crippen LogP contribution in [0.25, 0.3) is 0 Å². The van der Waals surface area contributed by atoms with Gasteiger partial charge in [0.2, 0.25) is 5.91 Å². The second-order valence-corrected chi connectivity index (χ2v) is 5.63. The number of carbonyl (C=O) groups is 1. The Hall–Kier alpha value is -1.40. The number of thioether (sulfide) groups is 1. The Morgan fingerprint density at radius 1 is 1.55 bits per heavy atom. The summed E-state index contributed by atoms with van der Waals surface area (Å²) >= 11 is 1.77. The highest BCUT2D eigenvalue weighted by Crippen LogP contribution is 2.23. The SMILES string of the molecule is COc1ccc(NC(=O)CN(C)C(C)CSC)c(N)c1. The maximum atomic E-state index is 12.0. The van der Waals surface area contributed by atoms with Gasteiger partial charge in [-0.05, 0) is 32.4 Å². The molecule has 1 aromatic carbocycles. The molecule has 0 aliphatic carbocycles. The zero-order chi connectivity index (χ0) is 15.1. The summed E-state index contributed by atoms with van der Waals surface area (Å²) in [4.78, 5) is 14.0. The first-order valence-corrected chi connectivity index (χ1v) is 7.79. The molecule has 0 aliphatic heterocycles. The first-order valence-electron chi connectivity index (χ1n) is 6.40. The molecule has 0 radical (unpaired) electrons. The van der Waals surface area contributed by atoms with Crippen molar-refractivity contribution >= 4 is 29.0 Å². The van der Waals surface area contributed by atoms with Crippen LogP contribution in [0.3, 0.4) is 0 Å². The molecule has 1 aromatic rings. The predicted molar refractivity (Wildman–Crippen MR) is 86.5 cm³/mol. The lowest BCUT2D eigenvalue weighted by atomic mass is 10.2. The number of nitrogen functional groups attached to an aromatic ring is 1. The van der Waals surface area contributed by atoms with Crippen LogP contribution in [0.4, 0.5) is 11.4 Å². The van der Waals surface area contributed by atoms with E-state index in [4.69, 9.17) is 10.5 Å². The lowest BCUT2D eigenvalue weighted by Crippen LogP contribution is -2.37. The van der Waals surface area contributed by atoms with Gasteiger partial charge in [-0.25, -0.2) is 0 Å². The molecule has 0 spiro atoms. The van der Waals surface area contributed by atoms with Crippen LogP contribution in [-0.4, -0.2) is 49.6 Å². The highest BCUT2D eigenvalue weighted by molar-refractivity contribution is 7.98. The van der Waals surface area contributed by atoms with Gasteiger partial charge in [0.25, 0.3) is 0 Å². The zero-order valence-electron chi connectivity index (χ0n) is 12.5. The van der Waals surface area contributed by atoms with E-state index in [0.29, 0.717) is 29.7 Å². The van der Waals surface area contributed by atoms with Crippen LogP contribution in [0.1, 0.15) is 6.92 Å². The number of nitrogens with one attached hydrogen (secondary N) is 1. The second kappa shape index (κ2) is 8.01. The van der Waals surface area contributed by atoms with Gasteiger partial charge in [0.05, 0.1) is 25.0 Å². The average Bonchev–Trinajstić information content (AvgIpc) is 2.41. The molecule has 3 N–H and O–H groups in total. The molecule has 1 rings (SSSR count). The van der Waals surface area contributed by atoms with Crippen molar-refractivity contribution in [1.82, 2.24) is 4.90 Å². The summed E-state index contributed by atoms with van der Waals surface area (Å²) in [7, 11) is 3.52. The first-order chi connectivity index (χ1) is 9.47. The number of methoxy groups -OCH3 is 1. The van der Waals surface area contributed by atoms with Crippen LogP contribution in [0.2, 0.25) is 0 Å². The van der Waals surface area contributed by atoms with Gasteiger partial charge >= 0.3 is 0 Å². The summed E-state index contributed by atoms with van der Waals surface area (Å²) in [5.74, 6) is 1.59. The third-order valence-electron chi connectivity index (χ3n) is 3.09. The van der Waals surface area contributed by atoms with Crippen molar-refractivity contribution in [2.24, 2.45) is 0 Å². The van der Waals surface area contributed by atoms with E-state index < -0.39 is 0 Å². The van der Waals surface area contributed by atoms with Gasteiger partial charge in [0.1, 0.15) is 5.75 Å². The highest BCUT2D eigenvalue weighted by Gasteiger charge is 2.13. The van der Waals surface area contributed by atoms with Crippen molar-refractivity contribution in [3.63, 3.8) is 0 Å². The van der Waals surface area contributed by atoms with Crippen molar-refractivity contribution in [3.05, 3.63) is 18.2 Å². The van der Waals surface area contributed by atoms with E-state index in [-0.39, 0.29) is 5.91 Å². The maximum Gasteiger partial charge on any atom is 0.238 e. The normalized spacial score (nSPS) is 12.2. The van der Waals surface area contributed by atoms with Gasteiger partial charge in [0, 0.05) is 17.9 Å². The Morgan fingerprint density at radius 3 is 2.80 bits per heavy atom. The number of rotatable bonds is 7. The molecule has 6 heteroatoms. The average molecular weight is 297 g/mol. The lowest BCUT2D eigenvalue weighted by Gasteiger charge is -2.23. The Morgan fingerprint density at radius 2 is 2.25 bits per heavy atom. The van der Waals surface area contributed by atoms with Gasteiger partial charge in [-0.1, -0.05) is 0 Å². The van der Waals surface area contributed by atoms with E-state index in [1.165, 1.54) is 0 Å². The monoisotopic (exact) mass is 297 g/mol. The van der Waals surface area contributed by atoms with Gasteiger partial charge in [-0.2, -0.15) is 11.8 Å². The molecule has 0 saturated carbocycles. The fourth-order valence-electron chi connectivity index (χ4n) is 1.72. The molecular formula is C14H23N3O2S. The van der Waals surface area contributed by atoms with Gasteiger partial charge in [-0.15, -0.1) is 0 Å². The Balaban J connectivity index is 2.58. The Labute approximate surface area is 124 Å². The maximum absolute atomic E-state index is 12.0. The Kier molecular flexibility index (Phi) is 6.67. The van der Waals surface area contributed by atoms with Crippen LogP contribution in [0.15, 0.2) is 18.2 Å². The molecule has 0 bridgehead atoms. The fourth-order valence-corrected chi connectivity index (χ4v) is 2.46. The summed E-state index contributed by atoms with van der Waals surface area (Å²) < 4.78 is 5.07. The molecule has 112 valence electrons. The molecule has 1 amide bonds. The number of amides is 1. The molecule has 0 aromatic heterocycles. The van der Waals surface area contributed by atoms with Crippen molar-refractivity contribution < 1.29 is 9.53 Å². The molecule has 20 heavy (non-hydrogen) atoms. The summed E-state index contributed by atoms with van der Waals surface area (Å²) in [6, 6.07) is 5.56. The zero-order valence-corrected chi connectivity index (χ0v) is 13.3. The molecular weight excluding hydrogens is 274 g/mol. The summed E-state index contributed by atoms with van der Waals surface area (Å²) in [6.45, 7) is 2.44. The van der Waals surface area contributed by atoms with Crippen molar-refractivity contribution in [1.29, 1.82) is 0 Å². The van der Waals surface area contributed by atoms with Crippen LogP contribution >= 0.6 is 11.8 Å². The molecule has 0 heterocycles. The number of benzene rings is 1. The molecule has 0 fully saturated rings. The van der Waals surface area contributed by atoms with E-state index in [1.807, 2.05) is 11.9 Å². The van der Waals surface area contributed by atoms with E-state index in [0.717, 1.165) is 5.75 Å². The van der Waals surface area contributed by atoms with E-state index in [2.05, 4.69) is 18.5 Å². The highest BCUT2D eigenvalue weighted by atomic mass is 32.2. The van der Waals surface area contributed by atoms with Crippen molar-refractivity contribution in [3.8, 4) is 5.75 Å². The Bertz CT molecular complexity index is 454. The predicted octanol–water partition coefficient (Wildman–Crippen LogP) is 1.90. The fraction of sp³-hybridized carbons (Fsp3) is 0.500. The second-order valence-electron chi connectivity index (χ2n) is 4.72. The topological polar surface area (TPSA) is 67.6 Å². The number of nitrogens with zero attached hydrogens (tertiary/aromatic N) is 1. The minimum atomic E-state index is -0.0719. The number of ether oxygens (including phenoxy) is 1. The lowest BCUT2D eigenvalue weighted by molar-refractivity contribution is -0.117. The summed E-state index contributed by atoms with van der Waals surface area (Å²) in [5, 5.41) is 2.82. The summed E-state index contributed by atoms with van der Waals surface area (Å²) in [6.07, 6.45) is 2.06. The van der Waals surface area contributed by atoms with Gasteiger partial charge in [-0.3, -0.25) is 9.69 Å². The van der Waals surface area contributed by atoms with Gasteiger partial charge < -0.3 is 15.8 Å². The van der Waals surface area contributed by atoms with Crippen LogP contribution < -0.4 is 15.8 Å². The number of nitrogens with two attached hydrogens (primary N) is 1. The number of carbonyl (C=O) groups excluding carboxylic acids is 1. The first kappa shape index (κ1) is 16.7. The third kappa shape index (κ3) is 4.94. The molecule has 0 aliphatic rings. The molecule has 1 atom stereocenters. The van der Waals surface area contributed by atoms with Gasteiger partial charge in [0.15, 0.2) is 0 Å². The number of hydrogen-bond acceptors (Lipinski definition) is 5. The largest absolute Gasteiger partial charge is 0.497 e. The van der Waals surface area contributed by atoms with E-state index >= 15 is 0 Å². The van der Waals surface area contributed by atoms with E-state index in [9.17, 15) is 4.79 Å². The number of anilines is 2. The molecule has 5 nitrogen and oxygen atoms in total. The smallest absolute Gasteiger partial charge is 0.238 e. The third-order valence-corrected chi connectivity index (χ3v) is 3.90. The van der Waals surface area contributed by atoms with Crippen LogP contribution in [0, 0.1) is 0 Å². The molecule has 0 saturated heterocycles. The number of hydrogen-bond donors (Lipinski definition) is 2. The number of likely N-dealkylation sites (N-methyl/N-ethyl adjacent to an activating group) is 1. The van der Waals surface area contributed by atoms with Crippen molar-refractivity contribution in [2.75, 3.05) is 43.8 Å². The quantitative estimate of drug-likeness (QED) is 0.752. The minimum Gasteiger partial charge on any atom is -0.497 e. The van der Waals surface area contributed by atoms with Crippen LogP contribution in [0.5, 0.6) is 5.75 Å². The minimum absolute atomic E-state index is 0.0719. The van der Waals surface area contributed by atoms with E-state index in [1.54, 1.807) is 37.1 Å². The van der Waals surface area contributed by atoms with Crippen LogP contribution in [-0.2, 0) is 4.79 Å². The standard InChI is InChI=1S/C14H23N3O2S/c1-10(9-20-4)17(2)8-14(18)16-13-6-5-11(19-3)7-12(13)15/h5-7,10H,8-9,15H2,1-4H3,(H,16,18).